The lowest BCUT2D eigenvalue weighted by atomic mass is 10.1. The first-order valence-corrected chi connectivity index (χ1v) is 4.98. The molecule has 0 radical (unpaired) electrons. The van der Waals surface area contributed by atoms with E-state index in [0.717, 1.165) is 32.5 Å². The lowest BCUT2D eigenvalue weighted by Crippen LogP contribution is -2.25. The van der Waals surface area contributed by atoms with Crippen LogP contribution >= 0.6 is 0 Å². The highest BCUT2D eigenvalue weighted by molar-refractivity contribution is 5.75. The van der Waals surface area contributed by atoms with Gasteiger partial charge in [0.25, 0.3) is 0 Å². The average Bonchev–Trinajstić information content (AvgIpc) is 2.19. The Morgan fingerprint density at radius 3 is 3.15 bits per heavy atom. The molecule has 0 aromatic rings. The van der Waals surface area contributed by atoms with Crippen molar-refractivity contribution in [2.24, 2.45) is 0 Å². The van der Waals surface area contributed by atoms with Gasteiger partial charge in [-0.2, -0.15) is 0 Å². The minimum atomic E-state index is 0.148. The summed E-state index contributed by atoms with van der Waals surface area (Å²) in [6.07, 6.45) is 4.94. The molecule has 3 heteroatoms. The maximum absolute atomic E-state index is 10.9. The first kappa shape index (κ1) is 10.3. The molecule has 0 saturated carbocycles. The predicted molar refractivity (Wildman–Crippen MR) is 53.5 cm³/mol. The van der Waals surface area contributed by atoms with Gasteiger partial charge in [0, 0.05) is 19.5 Å². The number of carbonyl (C=O) groups excluding carboxylic acids is 1. The zero-order valence-corrected chi connectivity index (χ0v) is 8.23. The van der Waals surface area contributed by atoms with E-state index in [-0.39, 0.29) is 5.91 Å². The van der Waals surface area contributed by atoms with Crippen molar-refractivity contribution >= 4 is 5.91 Å². The number of hydrogen-bond donors (Lipinski definition) is 2. The van der Waals surface area contributed by atoms with Gasteiger partial charge in [-0.25, -0.2) is 0 Å². The van der Waals surface area contributed by atoms with Gasteiger partial charge in [-0.15, -0.1) is 0 Å². The fourth-order valence-electron chi connectivity index (χ4n) is 1.38. The minimum Gasteiger partial charge on any atom is -0.356 e. The SMILES string of the molecule is CCC(=O)NCCC1=CCNCC1. The molecule has 1 amide bonds. The Morgan fingerprint density at radius 2 is 2.54 bits per heavy atom. The Bertz CT molecular complexity index is 199. The topological polar surface area (TPSA) is 41.1 Å². The van der Waals surface area contributed by atoms with E-state index in [9.17, 15) is 4.79 Å². The van der Waals surface area contributed by atoms with Crippen LogP contribution in [0.3, 0.4) is 0 Å². The van der Waals surface area contributed by atoms with Gasteiger partial charge in [-0.3, -0.25) is 4.79 Å². The predicted octanol–water partition coefficient (Wildman–Crippen LogP) is 0.822. The molecule has 74 valence electrons. The maximum Gasteiger partial charge on any atom is 0.219 e. The second kappa shape index (κ2) is 5.75. The quantitative estimate of drug-likeness (QED) is 0.632. The molecule has 1 rings (SSSR count). The van der Waals surface area contributed by atoms with Crippen LogP contribution < -0.4 is 10.6 Å². The van der Waals surface area contributed by atoms with Gasteiger partial charge < -0.3 is 10.6 Å². The van der Waals surface area contributed by atoms with Crippen molar-refractivity contribution in [2.75, 3.05) is 19.6 Å². The number of amides is 1. The zero-order chi connectivity index (χ0) is 9.52. The molecule has 0 bridgehead atoms. The fourth-order valence-corrected chi connectivity index (χ4v) is 1.38. The van der Waals surface area contributed by atoms with E-state index < -0.39 is 0 Å². The summed E-state index contributed by atoms with van der Waals surface area (Å²) in [7, 11) is 0. The summed E-state index contributed by atoms with van der Waals surface area (Å²) in [5.41, 5.74) is 1.47. The highest BCUT2D eigenvalue weighted by Gasteiger charge is 2.02. The van der Waals surface area contributed by atoms with Gasteiger partial charge in [0.05, 0.1) is 0 Å². The first-order chi connectivity index (χ1) is 6.33. The van der Waals surface area contributed by atoms with Crippen LogP contribution in [0.4, 0.5) is 0 Å². The fraction of sp³-hybridized carbons (Fsp3) is 0.700. The molecule has 0 aromatic heterocycles. The Hall–Kier alpha value is -0.830. The third kappa shape index (κ3) is 4.08. The van der Waals surface area contributed by atoms with Crippen molar-refractivity contribution in [2.45, 2.75) is 26.2 Å². The number of rotatable bonds is 4. The normalized spacial score (nSPS) is 16.5. The van der Waals surface area contributed by atoms with Crippen molar-refractivity contribution in [1.82, 2.24) is 10.6 Å². The number of hydrogen-bond acceptors (Lipinski definition) is 2. The van der Waals surface area contributed by atoms with Gasteiger partial charge in [0.1, 0.15) is 0 Å². The Balaban J connectivity index is 2.11. The summed E-state index contributed by atoms with van der Waals surface area (Å²) in [5, 5.41) is 6.14. The first-order valence-electron chi connectivity index (χ1n) is 4.98. The highest BCUT2D eigenvalue weighted by Crippen LogP contribution is 2.07. The number of carbonyl (C=O) groups is 1. The molecule has 0 unspecified atom stereocenters. The van der Waals surface area contributed by atoms with Crippen LogP contribution in [0.15, 0.2) is 11.6 Å². The molecule has 0 aromatic carbocycles. The molecule has 0 fully saturated rings. The van der Waals surface area contributed by atoms with Crippen molar-refractivity contribution < 1.29 is 4.79 Å². The van der Waals surface area contributed by atoms with E-state index in [1.54, 1.807) is 0 Å². The molecular weight excluding hydrogens is 164 g/mol. The van der Waals surface area contributed by atoms with Crippen LogP contribution in [-0.4, -0.2) is 25.5 Å². The zero-order valence-electron chi connectivity index (χ0n) is 8.23. The summed E-state index contributed by atoms with van der Waals surface area (Å²) < 4.78 is 0. The van der Waals surface area contributed by atoms with Crippen LogP contribution in [0, 0.1) is 0 Å². The monoisotopic (exact) mass is 182 g/mol. The van der Waals surface area contributed by atoms with Crippen LogP contribution in [-0.2, 0) is 4.79 Å². The second-order valence-electron chi connectivity index (χ2n) is 3.27. The summed E-state index contributed by atoms with van der Waals surface area (Å²) in [5.74, 6) is 0.148. The molecule has 13 heavy (non-hydrogen) atoms. The Morgan fingerprint density at radius 1 is 1.69 bits per heavy atom. The van der Waals surface area contributed by atoms with Crippen LogP contribution in [0.5, 0.6) is 0 Å². The molecule has 0 aliphatic carbocycles. The van der Waals surface area contributed by atoms with Crippen molar-refractivity contribution in [3.8, 4) is 0 Å². The third-order valence-electron chi connectivity index (χ3n) is 2.25. The third-order valence-corrected chi connectivity index (χ3v) is 2.25. The van der Waals surface area contributed by atoms with Crippen molar-refractivity contribution in [3.63, 3.8) is 0 Å². The van der Waals surface area contributed by atoms with E-state index in [0.29, 0.717) is 6.42 Å². The molecular formula is C10H18N2O. The van der Waals surface area contributed by atoms with Gasteiger partial charge in [0.15, 0.2) is 0 Å². The van der Waals surface area contributed by atoms with E-state index in [1.807, 2.05) is 6.92 Å². The number of nitrogens with one attached hydrogen (secondary N) is 2. The van der Waals surface area contributed by atoms with E-state index in [2.05, 4.69) is 16.7 Å². The summed E-state index contributed by atoms with van der Waals surface area (Å²) in [4.78, 5) is 10.9. The molecule has 1 aliphatic heterocycles. The van der Waals surface area contributed by atoms with Crippen molar-refractivity contribution in [3.05, 3.63) is 11.6 Å². The van der Waals surface area contributed by atoms with Crippen LogP contribution in [0.2, 0.25) is 0 Å². The maximum atomic E-state index is 10.9. The Labute approximate surface area is 79.6 Å². The molecule has 1 aliphatic rings. The van der Waals surface area contributed by atoms with E-state index >= 15 is 0 Å². The standard InChI is InChI=1S/C10H18N2O/c1-2-10(13)12-8-5-9-3-6-11-7-4-9/h3,11H,2,4-8H2,1H3,(H,12,13). The smallest absolute Gasteiger partial charge is 0.219 e. The summed E-state index contributed by atoms with van der Waals surface area (Å²) >= 11 is 0. The molecule has 0 atom stereocenters. The average molecular weight is 182 g/mol. The lowest BCUT2D eigenvalue weighted by Gasteiger charge is -2.13. The molecule has 1 heterocycles. The highest BCUT2D eigenvalue weighted by atomic mass is 16.1. The van der Waals surface area contributed by atoms with Gasteiger partial charge in [-0.05, 0) is 19.4 Å². The lowest BCUT2D eigenvalue weighted by molar-refractivity contribution is -0.120. The minimum absolute atomic E-state index is 0.148. The molecule has 2 N–H and O–H groups in total. The van der Waals surface area contributed by atoms with Gasteiger partial charge in [0.2, 0.25) is 5.91 Å². The van der Waals surface area contributed by atoms with Crippen LogP contribution in [0.1, 0.15) is 26.2 Å². The molecule has 0 spiro atoms. The Kier molecular flexibility index (Phi) is 4.54. The molecule has 0 saturated heterocycles. The molecule has 3 nitrogen and oxygen atoms in total. The second-order valence-corrected chi connectivity index (χ2v) is 3.27. The van der Waals surface area contributed by atoms with Gasteiger partial charge >= 0.3 is 0 Å². The summed E-state index contributed by atoms with van der Waals surface area (Å²) in [6, 6.07) is 0. The van der Waals surface area contributed by atoms with E-state index in [1.165, 1.54) is 5.57 Å². The largest absolute Gasteiger partial charge is 0.356 e. The summed E-state index contributed by atoms with van der Waals surface area (Å²) in [6.45, 7) is 4.72. The van der Waals surface area contributed by atoms with E-state index in [4.69, 9.17) is 0 Å². The van der Waals surface area contributed by atoms with Crippen molar-refractivity contribution in [1.29, 1.82) is 0 Å². The van der Waals surface area contributed by atoms with Crippen LogP contribution in [0.25, 0.3) is 0 Å². The van der Waals surface area contributed by atoms with Gasteiger partial charge in [-0.1, -0.05) is 18.6 Å².